The molecule has 1 aliphatic heterocycles. The van der Waals surface area contributed by atoms with Crippen molar-refractivity contribution < 1.29 is 0 Å². The van der Waals surface area contributed by atoms with Crippen LogP contribution in [-0.2, 0) is 0 Å². The summed E-state index contributed by atoms with van der Waals surface area (Å²) in [5.41, 5.74) is 1.34. The van der Waals surface area contributed by atoms with Crippen molar-refractivity contribution in [3.05, 3.63) is 46.9 Å². The lowest BCUT2D eigenvalue weighted by atomic mass is 10.3. The molecule has 0 amide bonds. The van der Waals surface area contributed by atoms with E-state index in [9.17, 15) is 4.79 Å². The molecule has 0 spiro atoms. The molecule has 7 heteroatoms. The van der Waals surface area contributed by atoms with Gasteiger partial charge in [-0.25, -0.2) is 4.68 Å². The molecule has 0 radical (unpaired) electrons. The van der Waals surface area contributed by atoms with E-state index < -0.39 is 0 Å². The van der Waals surface area contributed by atoms with Crippen LogP contribution in [0.5, 0.6) is 0 Å². The Balaban J connectivity index is 1.81. The highest BCUT2D eigenvalue weighted by Crippen LogP contribution is 2.16. The van der Waals surface area contributed by atoms with Crippen LogP contribution in [0.4, 0.5) is 5.95 Å². The summed E-state index contributed by atoms with van der Waals surface area (Å²) in [4.78, 5) is 24.3. The van der Waals surface area contributed by atoms with Crippen LogP contribution in [0.15, 0.2) is 41.3 Å². The molecule has 1 fully saturated rings. The number of aromatic amines is 1. The van der Waals surface area contributed by atoms with Crippen molar-refractivity contribution in [3.8, 4) is 5.69 Å². The van der Waals surface area contributed by atoms with Gasteiger partial charge in [0.15, 0.2) is 5.65 Å². The molecule has 3 aromatic rings. The van der Waals surface area contributed by atoms with Gasteiger partial charge in [-0.1, -0.05) is 18.2 Å². The zero-order chi connectivity index (χ0) is 15.8. The normalized spacial score (nSPS) is 16.1. The first-order chi connectivity index (χ1) is 11.2. The second-order valence-electron chi connectivity index (χ2n) is 5.81. The van der Waals surface area contributed by atoms with E-state index in [1.165, 1.54) is 0 Å². The molecule has 0 bridgehead atoms. The number of aromatic nitrogens is 4. The molecule has 4 rings (SSSR count). The number of benzene rings is 1. The van der Waals surface area contributed by atoms with Crippen LogP contribution in [0.1, 0.15) is 0 Å². The van der Waals surface area contributed by atoms with Crippen LogP contribution < -0.4 is 10.5 Å². The largest absolute Gasteiger partial charge is 0.340 e. The summed E-state index contributed by atoms with van der Waals surface area (Å²) in [7, 11) is 2.10. The molecular formula is C16H18N6O. The van der Waals surface area contributed by atoms with E-state index in [0.717, 1.165) is 31.9 Å². The number of rotatable bonds is 2. The second-order valence-corrected chi connectivity index (χ2v) is 5.81. The highest BCUT2D eigenvalue weighted by molar-refractivity contribution is 5.76. The number of nitrogens with zero attached hydrogens (tertiary/aromatic N) is 5. The zero-order valence-corrected chi connectivity index (χ0v) is 12.9. The lowest BCUT2D eigenvalue weighted by Gasteiger charge is -2.32. The second kappa shape index (κ2) is 5.51. The topological polar surface area (TPSA) is 70.1 Å². The van der Waals surface area contributed by atoms with E-state index in [1.807, 2.05) is 30.3 Å². The van der Waals surface area contributed by atoms with Crippen molar-refractivity contribution in [3.63, 3.8) is 0 Å². The maximum atomic E-state index is 12.4. The van der Waals surface area contributed by atoms with Gasteiger partial charge in [0.1, 0.15) is 5.39 Å². The molecule has 1 aliphatic rings. The number of fused-ring (bicyclic) bond motifs is 1. The van der Waals surface area contributed by atoms with Crippen molar-refractivity contribution >= 4 is 17.0 Å². The van der Waals surface area contributed by atoms with E-state index in [-0.39, 0.29) is 5.56 Å². The third kappa shape index (κ3) is 2.49. The van der Waals surface area contributed by atoms with Crippen molar-refractivity contribution in [2.75, 3.05) is 38.1 Å². The molecule has 23 heavy (non-hydrogen) atoms. The van der Waals surface area contributed by atoms with Gasteiger partial charge in [0, 0.05) is 26.2 Å². The van der Waals surface area contributed by atoms with Crippen LogP contribution in [0.25, 0.3) is 16.7 Å². The van der Waals surface area contributed by atoms with Crippen molar-refractivity contribution in [2.24, 2.45) is 0 Å². The minimum atomic E-state index is -0.147. The first-order valence-electron chi connectivity index (χ1n) is 7.69. The summed E-state index contributed by atoms with van der Waals surface area (Å²) < 4.78 is 1.71. The Morgan fingerprint density at radius 2 is 1.83 bits per heavy atom. The molecule has 0 aliphatic carbocycles. The van der Waals surface area contributed by atoms with Crippen LogP contribution in [0.3, 0.4) is 0 Å². The first kappa shape index (κ1) is 14.0. The molecule has 1 N–H and O–H groups in total. The van der Waals surface area contributed by atoms with Crippen molar-refractivity contribution in [1.29, 1.82) is 0 Å². The Hall–Kier alpha value is -2.67. The van der Waals surface area contributed by atoms with Gasteiger partial charge in [0.05, 0.1) is 11.9 Å². The number of piperazine rings is 1. The molecule has 0 saturated carbocycles. The lowest BCUT2D eigenvalue weighted by Crippen LogP contribution is -2.45. The quantitative estimate of drug-likeness (QED) is 0.760. The number of likely N-dealkylation sites (N-methyl/N-ethyl adjacent to an activating group) is 1. The Morgan fingerprint density at radius 3 is 2.57 bits per heavy atom. The Morgan fingerprint density at radius 1 is 1.09 bits per heavy atom. The minimum absolute atomic E-state index is 0.147. The SMILES string of the molecule is CN1CCN(c2nc3c(cnn3-c3ccccc3)c(=O)[nH]2)CC1. The van der Waals surface area contributed by atoms with E-state index in [4.69, 9.17) is 0 Å². The fraction of sp³-hybridized carbons (Fsp3) is 0.312. The smallest absolute Gasteiger partial charge is 0.263 e. The number of nitrogens with one attached hydrogen (secondary N) is 1. The molecule has 1 aromatic carbocycles. The number of hydrogen-bond donors (Lipinski definition) is 1. The summed E-state index contributed by atoms with van der Waals surface area (Å²) in [6.07, 6.45) is 1.57. The molecule has 3 heterocycles. The van der Waals surface area contributed by atoms with Crippen LogP contribution in [0.2, 0.25) is 0 Å². The summed E-state index contributed by atoms with van der Waals surface area (Å²) in [5, 5.41) is 4.84. The average Bonchev–Trinajstić information content (AvgIpc) is 3.01. The zero-order valence-electron chi connectivity index (χ0n) is 12.9. The average molecular weight is 310 g/mol. The first-order valence-corrected chi connectivity index (χ1v) is 7.69. The van der Waals surface area contributed by atoms with Gasteiger partial charge in [-0.05, 0) is 19.2 Å². The molecule has 7 nitrogen and oxygen atoms in total. The molecule has 0 atom stereocenters. The number of H-pyrrole nitrogens is 1. The summed E-state index contributed by atoms with van der Waals surface area (Å²) in [5.74, 6) is 0.619. The highest BCUT2D eigenvalue weighted by atomic mass is 16.1. The Kier molecular flexibility index (Phi) is 3.34. The van der Waals surface area contributed by atoms with Crippen LogP contribution in [-0.4, -0.2) is 57.9 Å². The standard InChI is InChI=1S/C16H18N6O/c1-20-7-9-21(10-8-20)16-18-14-13(15(23)19-16)11-17-22(14)12-5-3-2-4-6-12/h2-6,11H,7-10H2,1H3,(H,18,19,23). The highest BCUT2D eigenvalue weighted by Gasteiger charge is 2.18. The third-order valence-electron chi connectivity index (χ3n) is 4.23. The monoisotopic (exact) mass is 310 g/mol. The molecule has 1 saturated heterocycles. The molecule has 0 unspecified atom stereocenters. The maximum absolute atomic E-state index is 12.4. The van der Waals surface area contributed by atoms with Gasteiger partial charge in [-0.15, -0.1) is 0 Å². The molecule has 118 valence electrons. The summed E-state index contributed by atoms with van der Waals surface area (Å²) in [6.45, 7) is 3.62. The predicted octanol–water partition coefficient (Wildman–Crippen LogP) is 0.861. The van der Waals surface area contributed by atoms with Gasteiger partial charge >= 0.3 is 0 Å². The van der Waals surface area contributed by atoms with E-state index in [0.29, 0.717) is 17.0 Å². The van der Waals surface area contributed by atoms with Gasteiger partial charge in [0.25, 0.3) is 5.56 Å². The van der Waals surface area contributed by atoms with Crippen molar-refractivity contribution in [1.82, 2.24) is 24.6 Å². The lowest BCUT2D eigenvalue weighted by molar-refractivity contribution is 0.311. The fourth-order valence-corrected chi connectivity index (χ4v) is 2.83. The van der Waals surface area contributed by atoms with Gasteiger partial charge in [-0.3, -0.25) is 9.78 Å². The van der Waals surface area contributed by atoms with Gasteiger partial charge < -0.3 is 9.80 Å². The van der Waals surface area contributed by atoms with Gasteiger partial charge in [0.2, 0.25) is 5.95 Å². The van der Waals surface area contributed by atoms with Crippen molar-refractivity contribution in [2.45, 2.75) is 0 Å². The maximum Gasteiger partial charge on any atom is 0.263 e. The van der Waals surface area contributed by atoms with E-state index >= 15 is 0 Å². The minimum Gasteiger partial charge on any atom is -0.340 e. The summed E-state index contributed by atoms with van der Waals surface area (Å²) >= 11 is 0. The predicted molar refractivity (Wildman–Crippen MR) is 89.2 cm³/mol. The van der Waals surface area contributed by atoms with E-state index in [2.05, 4.69) is 31.9 Å². The number of hydrogen-bond acceptors (Lipinski definition) is 5. The molecular weight excluding hydrogens is 292 g/mol. The number of para-hydroxylation sites is 1. The third-order valence-corrected chi connectivity index (χ3v) is 4.23. The fourth-order valence-electron chi connectivity index (χ4n) is 2.83. The van der Waals surface area contributed by atoms with Crippen LogP contribution in [0, 0.1) is 0 Å². The number of anilines is 1. The molecule has 2 aromatic heterocycles. The Labute approximate surface area is 133 Å². The van der Waals surface area contributed by atoms with E-state index in [1.54, 1.807) is 10.9 Å². The van der Waals surface area contributed by atoms with Crippen LogP contribution >= 0.6 is 0 Å². The Bertz CT molecular complexity index is 876. The van der Waals surface area contributed by atoms with Gasteiger partial charge in [-0.2, -0.15) is 10.1 Å². The summed E-state index contributed by atoms with van der Waals surface area (Å²) in [6, 6.07) is 9.73.